The van der Waals surface area contributed by atoms with Crippen molar-refractivity contribution in [3.05, 3.63) is 24.8 Å². The summed E-state index contributed by atoms with van der Waals surface area (Å²) in [5.74, 6) is 1.31. The molecule has 3 nitrogen and oxygen atoms in total. The molecule has 2 saturated heterocycles. The second-order valence-electron chi connectivity index (χ2n) is 6.99. The summed E-state index contributed by atoms with van der Waals surface area (Å²) in [5, 5.41) is 10.3. The molecule has 3 rings (SSSR count). The number of aromatic hydroxyl groups is 1. The molecular formula is C18H26I2N2O. The monoisotopic (exact) mass is 540 g/mol. The molecule has 2 aliphatic heterocycles. The van der Waals surface area contributed by atoms with E-state index in [1.807, 2.05) is 6.07 Å². The molecule has 0 amide bonds. The van der Waals surface area contributed by atoms with Crippen LogP contribution in [0.3, 0.4) is 0 Å². The van der Waals surface area contributed by atoms with Crippen molar-refractivity contribution in [3.63, 3.8) is 0 Å². The number of rotatable bonds is 4. The molecule has 2 aliphatic rings. The smallest absolute Gasteiger partial charge is 0.133 e. The second kappa shape index (κ2) is 8.19. The molecule has 1 N–H and O–H groups in total. The third kappa shape index (κ3) is 4.52. The van der Waals surface area contributed by atoms with Crippen LogP contribution in [0.15, 0.2) is 12.1 Å². The third-order valence-corrected chi connectivity index (χ3v) is 6.98. The zero-order valence-electron chi connectivity index (χ0n) is 13.8. The number of phenolic OH excluding ortho intramolecular Hbond substituents is 1. The topological polar surface area (TPSA) is 26.7 Å². The summed E-state index contributed by atoms with van der Waals surface area (Å²) in [4.78, 5) is 5.20. The van der Waals surface area contributed by atoms with Gasteiger partial charge in [-0.1, -0.05) is 0 Å². The minimum Gasteiger partial charge on any atom is -0.507 e. The summed E-state index contributed by atoms with van der Waals surface area (Å²) < 4.78 is 2.17. The molecule has 0 bridgehead atoms. The van der Waals surface area contributed by atoms with Crippen molar-refractivity contribution in [1.82, 2.24) is 9.80 Å². The molecule has 23 heavy (non-hydrogen) atoms. The fraction of sp³-hybridized carbons (Fsp3) is 0.667. The first kappa shape index (κ1) is 18.2. The van der Waals surface area contributed by atoms with Gasteiger partial charge in [0, 0.05) is 21.7 Å². The minimum atomic E-state index is 0.471. The Hall–Kier alpha value is 0.400. The van der Waals surface area contributed by atoms with Crippen LogP contribution >= 0.6 is 45.2 Å². The average Bonchev–Trinajstić information content (AvgIpc) is 3.06. The summed E-state index contributed by atoms with van der Waals surface area (Å²) in [6.45, 7) is 8.23. The Morgan fingerprint density at radius 2 is 1.78 bits per heavy atom. The first-order chi connectivity index (χ1) is 11.0. The number of benzene rings is 1. The molecule has 2 fully saturated rings. The van der Waals surface area contributed by atoms with E-state index in [0.717, 1.165) is 40.7 Å². The van der Waals surface area contributed by atoms with Crippen LogP contribution < -0.4 is 0 Å². The number of likely N-dealkylation sites (tertiary alicyclic amines) is 2. The van der Waals surface area contributed by atoms with Crippen molar-refractivity contribution < 1.29 is 5.11 Å². The lowest BCUT2D eigenvalue weighted by molar-refractivity contribution is 0.107. The van der Waals surface area contributed by atoms with Crippen molar-refractivity contribution in [2.45, 2.75) is 45.2 Å². The maximum atomic E-state index is 10.3. The summed E-state index contributed by atoms with van der Waals surface area (Å²) in [6, 6.07) is 4.90. The van der Waals surface area contributed by atoms with Crippen molar-refractivity contribution in [2.75, 3.05) is 26.2 Å². The fourth-order valence-corrected chi connectivity index (χ4v) is 5.99. The summed E-state index contributed by atoms with van der Waals surface area (Å²) in [7, 11) is 0. The maximum Gasteiger partial charge on any atom is 0.133 e. The Morgan fingerprint density at radius 3 is 2.43 bits per heavy atom. The lowest BCUT2D eigenvalue weighted by atomic mass is 9.89. The van der Waals surface area contributed by atoms with Crippen molar-refractivity contribution in [2.24, 2.45) is 5.92 Å². The van der Waals surface area contributed by atoms with Crippen LogP contribution in [-0.4, -0.2) is 47.1 Å². The zero-order chi connectivity index (χ0) is 16.4. The molecule has 1 aromatic carbocycles. The van der Waals surface area contributed by atoms with E-state index in [0.29, 0.717) is 5.75 Å². The zero-order valence-corrected chi connectivity index (χ0v) is 18.1. The predicted octanol–water partition coefficient (Wildman–Crippen LogP) is 4.30. The standard InChI is InChI=1S/C18H26I2N2O/c1-13(22-6-2-3-7-22)14-4-8-21(9-5-14)12-15-10-16(19)11-17(20)18(15)23/h10-11,13-14,23H,2-9,12H2,1H3. The quantitative estimate of drug-likeness (QED) is 0.578. The summed E-state index contributed by atoms with van der Waals surface area (Å²) >= 11 is 4.56. The van der Waals surface area contributed by atoms with Gasteiger partial charge in [-0.15, -0.1) is 0 Å². The van der Waals surface area contributed by atoms with Gasteiger partial charge in [0.15, 0.2) is 0 Å². The lowest BCUT2D eigenvalue weighted by Crippen LogP contribution is -2.42. The van der Waals surface area contributed by atoms with Crippen LogP contribution in [-0.2, 0) is 6.54 Å². The van der Waals surface area contributed by atoms with E-state index < -0.39 is 0 Å². The molecule has 2 heterocycles. The SMILES string of the molecule is CC(C1CCN(Cc2cc(I)cc(I)c2O)CC1)N1CCCC1. The van der Waals surface area contributed by atoms with Gasteiger partial charge in [-0.05, 0) is 122 Å². The first-order valence-corrected chi connectivity index (χ1v) is 10.8. The van der Waals surface area contributed by atoms with E-state index in [9.17, 15) is 5.11 Å². The molecule has 0 aliphatic carbocycles. The van der Waals surface area contributed by atoms with Crippen LogP contribution in [0.2, 0.25) is 0 Å². The molecule has 128 valence electrons. The minimum absolute atomic E-state index is 0.471. The second-order valence-corrected chi connectivity index (χ2v) is 9.40. The van der Waals surface area contributed by atoms with Crippen LogP contribution in [0.5, 0.6) is 5.75 Å². The molecule has 0 saturated carbocycles. The Balaban J connectivity index is 1.55. The van der Waals surface area contributed by atoms with Gasteiger partial charge in [-0.25, -0.2) is 0 Å². The van der Waals surface area contributed by atoms with Gasteiger partial charge in [-0.3, -0.25) is 4.90 Å². The molecule has 0 aromatic heterocycles. The van der Waals surface area contributed by atoms with Crippen molar-refractivity contribution in [1.29, 1.82) is 0 Å². The van der Waals surface area contributed by atoms with Gasteiger partial charge in [-0.2, -0.15) is 0 Å². The molecule has 0 spiro atoms. The molecular weight excluding hydrogens is 514 g/mol. The lowest BCUT2D eigenvalue weighted by Gasteiger charge is -2.38. The van der Waals surface area contributed by atoms with E-state index in [-0.39, 0.29) is 0 Å². The van der Waals surface area contributed by atoms with Crippen LogP contribution in [0, 0.1) is 13.1 Å². The molecule has 1 aromatic rings. The predicted molar refractivity (Wildman–Crippen MR) is 112 cm³/mol. The number of piperidine rings is 1. The molecule has 1 unspecified atom stereocenters. The highest BCUT2D eigenvalue weighted by atomic mass is 127. The Labute approximate surface area is 167 Å². The number of hydrogen-bond acceptors (Lipinski definition) is 3. The van der Waals surface area contributed by atoms with Crippen LogP contribution in [0.4, 0.5) is 0 Å². The van der Waals surface area contributed by atoms with E-state index in [1.165, 1.54) is 42.3 Å². The van der Waals surface area contributed by atoms with Gasteiger partial charge >= 0.3 is 0 Å². The Kier molecular flexibility index (Phi) is 6.48. The maximum absolute atomic E-state index is 10.3. The molecule has 5 heteroatoms. The summed E-state index contributed by atoms with van der Waals surface area (Å²) in [6.07, 6.45) is 5.35. The first-order valence-electron chi connectivity index (χ1n) is 8.68. The molecule has 0 radical (unpaired) electrons. The molecule has 1 atom stereocenters. The van der Waals surface area contributed by atoms with E-state index in [1.54, 1.807) is 0 Å². The van der Waals surface area contributed by atoms with Gasteiger partial charge in [0.05, 0.1) is 3.57 Å². The summed E-state index contributed by atoms with van der Waals surface area (Å²) in [5.41, 5.74) is 1.08. The number of hydrogen-bond donors (Lipinski definition) is 1. The average molecular weight is 540 g/mol. The van der Waals surface area contributed by atoms with Crippen molar-refractivity contribution in [3.8, 4) is 5.75 Å². The van der Waals surface area contributed by atoms with Crippen LogP contribution in [0.25, 0.3) is 0 Å². The Morgan fingerprint density at radius 1 is 1.13 bits per heavy atom. The Bertz CT molecular complexity index is 538. The fourth-order valence-electron chi connectivity index (χ4n) is 4.02. The van der Waals surface area contributed by atoms with Crippen LogP contribution in [0.1, 0.15) is 38.2 Å². The van der Waals surface area contributed by atoms with Gasteiger partial charge in [0.2, 0.25) is 0 Å². The highest BCUT2D eigenvalue weighted by molar-refractivity contribution is 14.1. The van der Waals surface area contributed by atoms with Gasteiger partial charge in [0.1, 0.15) is 5.75 Å². The highest BCUT2D eigenvalue weighted by Crippen LogP contribution is 2.31. The van der Waals surface area contributed by atoms with E-state index >= 15 is 0 Å². The normalized spacial score (nSPS) is 22.6. The van der Waals surface area contributed by atoms with Crippen molar-refractivity contribution >= 4 is 45.2 Å². The van der Waals surface area contributed by atoms with E-state index in [2.05, 4.69) is 68.0 Å². The van der Waals surface area contributed by atoms with E-state index in [4.69, 9.17) is 0 Å². The third-order valence-electron chi connectivity index (χ3n) is 5.53. The number of phenols is 1. The highest BCUT2D eigenvalue weighted by Gasteiger charge is 2.29. The van der Waals surface area contributed by atoms with Gasteiger partial charge in [0.25, 0.3) is 0 Å². The number of nitrogens with zero attached hydrogens (tertiary/aromatic N) is 2. The number of halogens is 2. The van der Waals surface area contributed by atoms with Gasteiger partial charge < -0.3 is 10.0 Å². The largest absolute Gasteiger partial charge is 0.507 e.